The van der Waals surface area contributed by atoms with Crippen LogP contribution >= 0.6 is 0 Å². The van der Waals surface area contributed by atoms with Crippen LogP contribution in [0.15, 0.2) is 24.5 Å². The van der Waals surface area contributed by atoms with Gasteiger partial charge in [-0.2, -0.15) is 0 Å². The standard InChI is InChI=1S/C13H18N4O/c1-2-5-14-6-7-15-13(18)10-3-4-11-12(8-10)17-9-16-11/h3-4,8-9,14H,2,5-7H2,1H3,(H,15,18)(H,16,17). The van der Waals surface area contributed by atoms with Crippen LogP contribution in [-0.2, 0) is 0 Å². The molecular weight excluding hydrogens is 228 g/mol. The van der Waals surface area contributed by atoms with Crippen molar-refractivity contribution in [1.29, 1.82) is 0 Å². The fraction of sp³-hybridized carbons (Fsp3) is 0.385. The van der Waals surface area contributed by atoms with E-state index in [0.717, 1.165) is 30.5 Å². The van der Waals surface area contributed by atoms with Crippen molar-refractivity contribution in [3.05, 3.63) is 30.1 Å². The maximum atomic E-state index is 11.9. The summed E-state index contributed by atoms with van der Waals surface area (Å²) in [5.74, 6) is -0.0511. The molecule has 1 aromatic heterocycles. The summed E-state index contributed by atoms with van der Waals surface area (Å²) in [6.07, 6.45) is 2.73. The minimum Gasteiger partial charge on any atom is -0.351 e. The van der Waals surface area contributed by atoms with Crippen molar-refractivity contribution in [2.45, 2.75) is 13.3 Å². The number of aromatic nitrogens is 2. The van der Waals surface area contributed by atoms with Crippen LogP contribution in [0.5, 0.6) is 0 Å². The lowest BCUT2D eigenvalue weighted by Crippen LogP contribution is -2.32. The first-order valence-corrected chi connectivity index (χ1v) is 6.23. The predicted octanol–water partition coefficient (Wildman–Crippen LogP) is 1.29. The second-order valence-corrected chi connectivity index (χ2v) is 4.14. The Bertz CT molecular complexity index is 520. The fourth-order valence-electron chi connectivity index (χ4n) is 1.75. The van der Waals surface area contributed by atoms with Gasteiger partial charge in [0, 0.05) is 18.7 Å². The van der Waals surface area contributed by atoms with Crippen molar-refractivity contribution < 1.29 is 4.79 Å². The van der Waals surface area contributed by atoms with Gasteiger partial charge in [-0.15, -0.1) is 0 Å². The van der Waals surface area contributed by atoms with Gasteiger partial charge in [-0.05, 0) is 31.2 Å². The Labute approximate surface area is 106 Å². The molecule has 0 unspecified atom stereocenters. The number of benzene rings is 1. The minimum absolute atomic E-state index is 0.0511. The molecule has 96 valence electrons. The first kappa shape index (κ1) is 12.6. The third-order valence-electron chi connectivity index (χ3n) is 2.70. The Morgan fingerprint density at radius 2 is 2.22 bits per heavy atom. The predicted molar refractivity (Wildman–Crippen MR) is 71.6 cm³/mol. The average Bonchev–Trinajstić information content (AvgIpc) is 2.85. The van der Waals surface area contributed by atoms with Crippen LogP contribution in [0.1, 0.15) is 23.7 Å². The lowest BCUT2D eigenvalue weighted by Gasteiger charge is -2.06. The van der Waals surface area contributed by atoms with Crippen LogP contribution in [0.2, 0.25) is 0 Å². The molecule has 0 aliphatic rings. The molecule has 0 fully saturated rings. The summed E-state index contributed by atoms with van der Waals surface area (Å²) in [4.78, 5) is 19.0. The van der Waals surface area contributed by atoms with Gasteiger partial charge in [0.25, 0.3) is 5.91 Å². The Balaban J connectivity index is 1.88. The first-order chi connectivity index (χ1) is 8.81. The van der Waals surface area contributed by atoms with Gasteiger partial charge >= 0.3 is 0 Å². The van der Waals surface area contributed by atoms with Crippen molar-refractivity contribution in [3.63, 3.8) is 0 Å². The third-order valence-corrected chi connectivity index (χ3v) is 2.70. The lowest BCUT2D eigenvalue weighted by molar-refractivity contribution is 0.0954. The number of nitrogens with zero attached hydrogens (tertiary/aromatic N) is 1. The van der Waals surface area contributed by atoms with Gasteiger partial charge in [-0.1, -0.05) is 6.92 Å². The van der Waals surface area contributed by atoms with Gasteiger partial charge in [0.1, 0.15) is 0 Å². The Kier molecular flexibility index (Phi) is 4.30. The molecule has 0 bridgehead atoms. The van der Waals surface area contributed by atoms with E-state index in [1.54, 1.807) is 12.4 Å². The number of imidazole rings is 1. The van der Waals surface area contributed by atoms with Crippen molar-refractivity contribution in [3.8, 4) is 0 Å². The van der Waals surface area contributed by atoms with E-state index in [9.17, 15) is 4.79 Å². The molecule has 0 aliphatic carbocycles. The van der Waals surface area contributed by atoms with Crippen molar-refractivity contribution in [2.24, 2.45) is 0 Å². The van der Waals surface area contributed by atoms with Crippen LogP contribution in [0.25, 0.3) is 11.0 Å². The van der Waals surface area contributed by atoms with Gasteiger partial charge in [-0.25, -0.2) is 4.98 Å². The quantitative estimate of drug-likeness (QED) is 0.673. The van der Waals surface area contributed by atoms with Crippen LogP contribution in [0, 0.1) is 0 Å². The molecule has 0 atom stereocenters. The highest BCUT2D eigenvalue weighted by molar-refractivity contribution is 5.97. The van der Waals surface area contributed by atoms with Gasteiger partial charge in [0.05, 0.1) is 17.4 Å². The number of carbonyl (C=O) groups excluding carboxylic acids is 1. The molecular formula is C13H18N4O. The molecule has 3 N–H and O–H groups in total. The summed E-state index contributed by atoms with van der Waals surface area (Å²) in [5.41, 5.74) is 2.41. The van der Waals surface area contributed by atoms with E-state index < -0.39 is 0 Å². The van der Waals surface area contributed by atoms with E-state index in [4.69, 9.17) is 0 Å². The summed E-state index contributed by atoms with van der Waals surface area (Å²) in [5, 5.41) is 6.12. The molecule has 0 radical (unpaired) electrons. The fourth-order valence-corrected chi connectivity index (χ4v) is 1.75. The minimum atomic E-state index is -0.0511. The molecule has 0 spiro atoms. The van der Waals surface area contributed by atoms with E-state index in [2.05, 4.69) is 27.5 Å². The number of fused-ring (bicyclic) bond motifs is 1. The normalized spacial score (nSPS) is 10.7. The number of hydrogen-bond acceptors (Lipinski definition) is 3. The highest BCUT2D eigenvalue weighted by Gasteiger charge is 2.06. The molecule has 0 saturated heterocycles. The van der Waals surface area contributed by atoms with Crippen molar-refractivity contribution in [1.82, 2.24) is 20.6 Å². The van der Waals surface area contributed by atoms with E-state index in [-0.39, 0.29) is 5.91 Å². The molecule has 0 saturated carbocycles. The summed E-state index contributed by atoms with van der Waals surface area (Å²) in [6.45, 7) is 4.53. The molecule has 0 aliphatic heterocycles. The Hall–Kier alpha value is -1.88. The Morgan fingerprint density at radius 3 is 3.06 bits per heavy atom. The number of nitrogens with one attached hydrogen (secondary N) is 3. The summed E-state index contributed by atoms with van der Waals surface area (Å²) in [7, 11) is 0. The largest absolute Gasteiger partial charge is 0.351 e. The van der Waals surface area contributed by atoms with Crippen molar-refractivity contribution >= 4 is 16.9 Å². The second kappa shape index (κ2) is 6.16. The highest BCUT2D eigenvalue weighted by Crippen LogP contribution is 2.11. The molecule has 2 aromatic rings. The first-order valence-electron chi connectivity index (χ1n) is 6.23. The molecule has 1 amide bonds. The van der Waals surface area contributed by atoms with Crippen LogP contribution in [0.4, 0.5) is 0 Å². The number of aromatic amines is 1. The van der Waals surface area contributed by atoms with Crippen LogP contribution in [0.3, 0.4) is 0 Å². The third kappa shape index (κ3) is 3.07. The molecule has 5 nitrogen and oxygen atoms in total. The zero-order valence-corrected chi connectivity index (χ0v) is 10.5. The molecule has 18 heavy (non-hydrogen) atoms. The molecule has 1 heterocycles. The van der Waals surface area contributed by atoms with Crippen molar-refractivity contribution in [2.75, 3.05) is 19.6 Å². The maximum Gasteiger partial charge on any atom is 0.251 e. The van der Waals surface area contributed by atoms with Gasteiger partial charge in [0.15, 0.2) is 0 Å². The van der Waals surface area contributed by atoms with Gasteiger partial charge < -0.3 is 15.6 Å². The summed E-state index contributed by atoms with van der Waals surface area (Å²) in [6, 6.07) is 5.45. The highest BCUT2D eigenvalue weighted by atomic mass is 16.1. The molecule has 1 aromatic carbocycles. The average molecular weight is 246 g/mol. The second-order valence-electron chi connectivity index (χ2n) is 4.14. The number of H-pyrrole nitrogens is 1. The van der Waals surface area contributed by atoms with Gasteiger partial charge in [0.2, 0.25) is 0 Å². The monoisotopic (exact) mass is 246 g/mol. The van der Waals surface area contributed by atoms with Crippen LogP contribution < -0.4 is 10.6 Å². The van der Waals surface area contributed by atoms with Gasteiger partial charge in [-0.3, -0.25) is 4.79 Å². The summed E-state index contributed by atoms with van der Waals surface area (Å²) >= 11 is 0. The molecule has 5 heteroatoms. The number of hydrogen-bond donors (Lipinski definition) is 3. The number of amides is 1. The topological polar surface area (TPSA) is 69.8 Å². The number of rotatable bonds is 6. The van der Waals surface area contributed by atoms with Crippen LogP contribution in [-0.4, -0.2) is 35.5 Å². The van der Waals surface area contributed by atoms with E-state index >= 15 is 0 Å². The lowest BCUT2D eigenvalue weighted by atomic mass is 10.2. The zero-order chi connectivity index (χ0) is 12.8. The summed E-state index contributed by atoms with van der Waals surface area (Å²) < 4.78 is 0. The van der Waals surface area contributed by atoms with E-state index in [1.807, 2.05) is 12.1 Å². The Morgan fingerprint density at radius 1 is 1.33 bits per heavy atom. The SMILES string of the molecule is CCCNCCNC(=O)c1ccc2nc[nH]c2c1. The smallest absolute Gasteiger partial charge is 0.251 e. The number of carbonyl (C=O) groups is 1. The molecule has 2 rings (SSSR count). The van der Waals surface area contributed by atoms with E-state index in [1.165, 1.54) is 0 Å². The zero-order valence-electron chi connectivity index (χ0n) is 10.5. The van der Waals surface area contributed by atoms with E-state index in [0.29, 0.717) is 12.1 Å². The maximum absolute atomic E-state index is 11.9.